The van der Waals surface area contributed by atoms with Crippen molar-refractivity contribution in [3.63, 3.8) is 0 Å². The van der Waals surface area contributed by atoms with Crippen molar-refractivity contribution in [2.45, 2.75) is 49.8 Å². The Bertz CT molecular complexity index is 1480. The van der Waals surface area contributed by atoms with Gasteiger partial charge < -0.3 is 5.32 Å². The molecule has 0 radical (unpaired) electrons. The first-order chi connectivity index (χ1) is 16.1. The molecule has 0 amide bonds. The molecule has 0 aromatic heterocycles. The topological polar surface area (TPSA) is 114 Å². The zero-order valence-electron chi connectivity index (χ0n) is 19.2. The number of ketones is 2. The summed E-state index contributed by atoms with van der Waals surface area (Å²) in [7, 11) is -5.73. The van der Waals surface area contributed by atoms with Gasteiger partial charge in [0.05, 0.1) is 17.2 Å². The Morgan fingerprint density at radius 2 is 1.76 bits per heavy atom. The van der Waals surface area contributed by atoms with E-state index in [0.29, 0.717) is 24.0 Å². The van der Waals surface area contributed by atoms with Gasteiger partial charge in [-0.25, -0.2) is 0 Å². The van der Waals surface area contributed by atoms with Crippen molar-refractivity contribution in [2.75, 3.05) is 11.6 Å². The van der Waals surface area contributed by atoms with Crippen molar-refractivity contribution in [3.8, 4) is 0 Å². The Hall–Kier alpha value is -3.07. The number of hydrogen-bond acceptors (Lipinski definition) is 6. The number of anilines is 1. The van der Waals surface area contributed by atoms with E-state index in [0.717, 1.165) is 12.8 Å². The Kier molecular flexibility index (Phi) is 6.33. The van der Waals surface area contributed by atoms with Gasteiger partial charge in [0.25, 0.3) is 10.0 Å². The first-order valence-corrected chi connectivity index (χ1v) is 14.1. The van der Waals surface area contributed by atoms with E-state index in [1.165, 1.54) is 24.5 Å². The van der Waals surface area contributed by atoms with Crippen LogP contribution in [0.5, 0.6) is 0 Å². The molecule has 0 spiro atoms. The first kappa shape index (κ1) is 24.1. The van der Waals surface area contributed by atoms with Crippen LogP contribution in [0, 0.1) is 5.92 Å². The number of benzene rings is 2. The second kappa shape index (κ2) is 8.94. The number of sulfonamides is 1. The summed E-state index contributed by atoms with van der Waals surface area (Å²) in [5, 5.41) is 2.93. The number of carbonyl (C=O) groups excluding carboxylic acids is 2. The van der Waals surface area contributed by atoms with Gasteiger partial charge in [-0.15, -0.1) is 8.61 Å². The number of fused-ring (bicyclic) bond motifs is 2. The average Bonchev–Trinajstić information content (AvgIpc) is 2.78. The smallest absolute Gasteiger partial charge is 0.341 e. The zero-order valence-corrected chi connectivity index (χ0v) is 20.8. The molecule has 1 N–H and O–H groups in total. The highest BCUT2D eigenvalue weighted by atomic mass is 32.2. The molecule has 0 bridgehead atoms. The third-order valence-electron chi connectivity index (χ3n) is 6.29. The lowest BCUT2D eigenvalue weighted by Gasteiger charge is -2.41. The minimum absolute atomic E-state index is 0.146. The summed E-state index contributed by atoms with van der Waals surface area (Å²) < 4.78 is 45.3. The van der Waals surface area contributed by atoms with Crippen LogP contribution in [0.4, 0.5) is 11.4 Å². The number of nitrogens with zero attached hydrogens (tertiary/aromatic N) is 2. The molecule has 2 aliphatic rings. The van der Waals surface area contributed by atoms with Crippen molar-refractivity contribution in [3.05, 3.63) is 57.8 Å². The summed E-state index contributed by atoms with van der Waals surface area (Å²) >= 11 is 0. The predicted molar refractivity (Wildman–Crippen MR) is 133 cm³/mol. The molecule has 1 aliphatic heterocycles. The van der Waals surface area contributed by atoms with E-state index < -0.39 is 37.6 Å². The van der Waals surface area contributed by atoms with E-state index in [-0.39, 0.29) is 27.9 Å². The van der Waals surface area contributed by atoms with Gasteiger partial charge in [-0.05, 0) is 24.5 Å². The van der Waals surface area contributed by atoms with Crippen molar-refractivity contribution < 1.29 is 22.2 Å². The van der Waals surface area contributed by atoms with Gasteiger partial charge in [0, 0.05) is 15.8 Å². The minimum Gasteiger partial charge on any atom is -0.341 e. The molecule has 1 heterocycles. The SMILES string of the molecule is CCCC1(CCC)C(=O)C(C2=NS(=O)(=O)c3cc([N+]#S(C)=O)ccc3N2)C(=O)c2ccccc21. The van der Waals surface area contributed by atoms with Crippen molar-refractivity contribution in [1.29, 1.82) is 0 Å². The van der Waals surface area contributed by atoms with Crippen LogP contribution in [0.1, 0.15) is 55.5 Å². The van der Waals surface area contributed by atoms with Crippen molar-refractivity contribution in [2.24, 2.45) is 10.3 Å². The largest absolute Gasteiger partial charge is 0.350 e. The number of Topliss-reactive ketones (excluding diaryl/α,β-unsaturated/α-hetero) is 2. The van der Waals surface area contributed by atoms with Crippen molar-refractivity contribution in [1.82, 2.24) is 0 Å². The fourth-order valence-corrected chi connectivity index (χ4v) is 6.62. The van der Waals surface area contributed by atoms with E-state index >= 15 is 0 Å². The van der Waals surface area contributed by atoms with Crippen molar-refractivity contribution >= 4 is 49.2 Å². The quantitative estimate of drug-likeness (QED) is 0.608. The second-order valence-electron chi connectivity index (χ2n) is 8.56. The number of amidine groups is 1. The molecule has 2 aromatic carbocycles. The molecule has 1 aliphatic carbocycles. The summed E-state index contributed by atoms with van der Waals surface area (Å²) in [6, 6.07) is 11.4. The van der Waals surface area contributed by atoms with Crippen LogP contribution < -0.4 is 5.32 Å². The van der Waals surface area contributed by atoms with E-state index in [4.69, 9.17) is 0 Å². The zero-order chi connectivity index (χ0) is 24.7. The number of carbonyl (C=O) groups is 2. The lowest BCUT2D eigenvalue weighted by atomic mass is 9.60. The summed E-state index contributed by atoms with van der Waals surface area (Å²) in [5.74, 6) is -2.31. The predicted octanol–water partition coefficient (Wildman–Crippen LogP) is 4.42. The van der Waals surface area contributed by atoms with Gasteiger partial charge in [-0.3, -0.25) is 9.59 Å². The fourth-order valence-electron chi connectivity index (χ4n) is 5.04. The third kappa shape index (κ3) is 3.91. The molecule has 10 heteroatoms. The summed E-state index contributed by atoms with van der Waals surface area (Å²) in [5.41, 5.74) is 0.680. The highest BCUT2D eigenvalue weighted by molar-refractivity contribution is 7.90. The number of nitrogens with one attached hydrogen (secondary N) is 1. The summed E-state index contributed by atoms with van der Waals surface area (Å²) in [6.45, 7) is 3.98. The molecule has 8 nitrogen and oxygen atoms in total. The van der Waals surface area contributed by atoms with Crippen LogP contribution in [0.3, 0.4) is 0 Å². The molecular formula is C24H26N3O5S2+. The molecule has 1 unspecified atom stereocenters. The molecule has 1 atom stereocenters. The second-order valence-corrected chi connectivity index (χ2v) is 11.2. The summed E-state index contributed by atoms with van der Waals surface area (Å²) in [6.07, 6.45) is 3.94. The third-order valence-corrected chi connectivity index (χ3v) is 8.09. The number of rotatable bonds is 5. The Morgan fingerprint density at radius 3 is 2.41 bits per heavy atom. The maximum absolute atomic E-state index is 14.0. The molecule has 0 saturated heterocycles. The van der Waals surface area contributed by atoms with Gasteiger partial charge in [-0.2, -0.15) is 8.42 Å². The monoisotopic (exact) mass is 500 g/mol. The highest BCUT2D eigenvalue weighted by Gasteiger charge is 2.53. The normalized spacial score (nSPS) is 19.9. The molecule has 0 saturated carbocycles. The van der Waals surface area contributed by atoms with E-state index in [2.05, 4.69) is 13.9 Å². The van der Waals surface area contributed by atoms with Gasteiger partial charge in [-0.1, -0.05) is 51.0 Å². The Balaban J connectivity index is 1.88. The van der Waals surface area contributed by atoms with Crippen LogP contribution in [-0.2, 0) is 30.7 Å². The Labute approximate surface area is 200 Å². The highest BCUT2D eigenvalue weighted by Crippen LogP contribution is 2.45. The average molecular weight is 501 g/mol. The Morgan fingerprint density at radius 1 is 1.09 bits per heavy atom. The molecular weight excluding hydrogens is 474 g/mol. The van der Waals surface area contributed by atoms with E-state index in [1.807, 2.05) is 26.0 Å². The van der Waals surface area contributed by atoms with E-state index in [9.17, 15) is 22.2 Å². The van der Waals surface area contributed by atoms with Crippen LogP contribution >= 0.6 is 0 Å². The van der Waals surface area contributed by atoms with Gasteiger partial charge in [0.2, 0.25) is 0 Å². The van der Waals surface area contributed by atoms with E-state index in [1.54, 1.807) is 12.1 Å². The van der Waals surface area contributed by atoms with Gasteiger partial charge >= 0.3 is 16.1 Å². The van der Waals surface area contributed by atoms with Crippen LogP contribution in [-0.4, -0.2) is 36.3 Å². The van der Waals surface area contributed by atoms with Crippen LogP contribution in [0.15, 0.2) is 51.8 Å². The first-order valence-electron chi connectivity index (χ1n) is 11.1. The van der Waals surface area contributed by atoms with Gasteiger partial charge in [0.1, 0.15) is 22.9 Å². The minimum atomic E-state index is -4.22. The lowest BCUT2D eigenvalue weighted by molar-refractivity contribution is -0.126. The molecule has 4 rings (SSSR count). The summed E-state index contributed by atoms with van der Waals surface area (Å²) in [4.78, 5) is 27.4. The molecule has 2 aromatic rings. The molecule has 34 heavy (non-hydrogen) atoms. The standard InChI is InChI=1S/C24H26N3O5S2/c1-4-12-24(13-5-2)17-9-7-6-8-16(17)21(28)20(22(24)29)23-25-18-11-10-15(26-33(3)30)14-19(18)34(31,32)27-23/h6-11,14,20H,4-5,12-13H2,1-3H3,(H,25,27)/q+1. The van der Waals surface area contributed by atoms with Crippen LogP contribution in [0.25, 0.3) is 4.19 Å². The molecule has 0 fully saturated rings. The maximum Gasteiger partial charge on any atom is 0.350 e. The fraction of sp³-hybridized carbons (Fsp3) is 0.375. The van der Waals surface area contributed by atoms with Gasteiger partial charge in [0.15, 0.2) is 11.6 Å². The lowest BCUT2D eigenvalue weighted by Crippen LogP contribution is -2.52. The number of hydrogen-bond donors (Lipinski definition) is 1. The van der Waals surface area contributed by atoms with Crippen LogP contribution in [0.2, 0.25) is 0 Å². The maximum atomic E-state index is 14.0. The molecule has 178 valence electrons.